The Hall–Kier alpha value is -3.80. The number of rotatable bonds is 3. The van der Waals surface area contributed by atoms with Crippen molar-refractivity contribution in [2.45, 2.75) is 0 Å². The fourth-order valence-electron chi connectivity index (χ4n) is 3.32. The van der Waals surface area contributed by atoms with Gasteiger partial charge < -0.3 is 4.90 Å². The summed E-state index contributed by atoms with van der Waals surface area (Å²) >= 11 is 0. The lowest BCUT2D eigenvalue weighted by atomic mass is 10.1. The maximum atomic E-state index is 4.75. The van der Waals surface area contributed by atoms with Gasteiger partial charge in [-0.2, -0.15) is 4.98 Å². The minimum absolute atomic E-state index is 0.584. The SMILES string of the molecule is CN(c1cccc(-c2ccncc2)c1)c1nc2nncn2c2ccccc12. The quantitative estimate of drug-likeness (QED) is 0.489. The Morgan fingerprint density at radius 1 is 0.889 bits per heavy atom. The second-order valence-electron chi connectivity index (χ2n) is 6.30. The van der Waals surface area contributed by atoms with Gasteiger partial charge in [0.1, 0.15) is 12.1 Å². The molecule has 3 heterocycles. The molecule has 0 atom stereocenters. The van der Waals surface area contributed by atoms with Gasteiger partial charge in [0.25, 0.3) is 5.78 Å². The molecule has 2 aromatic carbocycles. The topological polar surface area (TPSA) is 59.2 Å². The summed E-state index contributed by atoms with van der Waals surface area (Å²) in [7, 11) is 2.02. The first-order valence-electron chi connectivity index (χ1n) is 8.64. The molecule has 0 N–H and O–H groups in total. The summed E-state index contributed by atoms with van der Waals surface area (Å²) in [5, 5.41) is 9.19. The lowest BCUT2D eigenvalue weighted by Gasteiger charge is -2.21. The number of para-hydroxylation sites is 1. The van der Waals surface area contributed by atoms with Crippen LogP contribution in [0.1, 0.15) is 0 Å². The van der Waals surface area contributed by atoms with Crippen molar-refractivity contribution in [2.24, 2.45) is 0 Å². The number of pyridine rings is 1. The highest BCUT2D eigenvalue weighted by atomic mass is 15.3. The van der Waals surface area contributed by atoms with Crippen LogP contribution in [0, 0.1) is 0 Å². The number of fused-ring (bicyclic) bond motifs is 3. The van der Waals surface area contributed by atoms with Crippen LogP contribution in [0.15, 0.2) is 79.4 Å². The molecule has 27 heavy (non-hydrogen) atoms. The molecule has 0 aliphatic carbocycles. The van der Waals surface area contributed by atoms with Gasteiger partial charge in [-0.3, -0.25) is 9.38 Å². The third-order valence-electron chi connectivity index (χ3n) is 4.70. The number of anilines is 2. The van der Waals surface area contributed by atoms with E-state index < -0.39 is 0 Å². The summed E-state index contributed by atoms with van der Waals surface area (Å²) in [6, 6.07) is 20.6. The smallest absolute Gasteiger partial charge is 0.257 e. The van der Waals surface area contributed by atoms with Gasteiger partial charge >= 0.3 is 0 Å². The molecule has 6 heteroatoms. The van der Waals surface area contributed by atoms with Gasteiger partial charge in [0.15, 0.2) is 0 Å². The molecule has 5 aromatic rings. The fraction of sp³-hybridized carbons (Fsp3) is 0.0476. The molecule has 5 rings (SSSR count). The van der Waals surface area contributed by atoms with E-state index in [1.54, 1.807) is 18.7 Å². The Morgan fingerprint density at radius 2 is 1.74 bits per heavy atom. The van der Waals surface area contributed by atoms with E-state index in [4.69, 9.17) is 4.98 Å². The molecule has 0 radical (unpaired) electrons. The van der Waals surface area contributed by atoms with Gasteiger partial charge in [-0.15, -0.1) is 10.2 Å². The molecule has 0 bridgehead atoms. The van der Waals surface area contributed by atoms with Crippen molar-refractivity contribution < 1.29 is 0 Å². The second kappa shape index (κ2) is 6.17. The average Bonchev–Trinajstić information content (AvgIpc) is 3.22. The highest BCUT2D eigenvalue weighted by molar-refractivity contribution is 5.93. The summed E-state index contributed by atoms with van der Waals surface area (Å²) in [6.45, 7) is 0. The molecule has 0 spiro atoms. The normalized spacial score (nSPS) is 11.1. The maximum absolute atomic E-state index is 4.75. The molecule has 0 amide bonds. The molecule has 130 valence electrons. The number of hydrogen-bond acceptors (Lipinski definition) is 5. The molecule has 0 saturated carbocycles. The largest absolute Gasteiger partial charge is 0.329 e. The van der Waals surface area contributed by atoms with Gasteiger partial charge in [0.05, 0.1) is 5.52 Å². The fourth-order valence-corrected chi connectivity index (χ4v) is 3.32. The van der Waals surface area contributed by atoms with Gasteiger partial charge in [0, 0.05) is 30.5 Å². The van der Waals surface area contributed by atoms with Crippen LogP contribution in [0.5, 0.6) is 0 Å². The molecule has 3 aromatic heterocycles. The zero-order valence-corrected chi connectivity index (χ0v) is 14.7. The van der Waals surface area contributed by atoms with E-state index >= 15 is 0 Å². The van der Waals surface area contributed by atoms with E-state index in [9.17, 15) is 0 Å². The average molecular weight is 352 g/mol. The van der Waals surface area contributed by atoms with Crippen LogP contribution < -0.4 is 4.90 Å². The first-order valence-corrected chi connectivity index (χ1v) is 8.64. The van der Waals surface area contributed by atoms with Crippen LogP contribution in [0.3, 0.4) is 0 Å². The first kappa shape index (κ1) is 15.5. The van der Waals surface area contributed by atoms with E-state index in [-0.39, 0.29) is 0 Å². The first-order chi connectivity index (χ1) is 13.3. The van der Waals surface area contributed by atoms with Crippen LogP contribution in [0.2, 0.25) is 0 Å². The van der Waals surface area contributed by atoms with Crippen molar-refractivity contribution in [1.29, 1.82) is 0 Å². The number of nitrogens with zero attached hydrogens (tertiary/aromatic N) is 6. The van der Waals surface area contributed by atoms with Crippen molar-refractivity contribution in [3.8, 4) is 11.1 Å². The van der Waals surface area contributed by atoms with Crippen molar-refractivity contribution in [1.82, 2.24) is 24.6 Å². The summed E-state index contributed by atoms with van der Waals surface area (Å²) in [6.07, 6.45) is 5.30. The van der Waals surface area contributed by atoms with Crippen molar-refractivity contribution in [2.75, 3.05) is 11.9 Å². The van der Waals surface area contributed by atoms with E-state index in [0.717, 1.165) is 33.5 Å². The summed E-state index contributed by atoms with van der Waals surface area (Å²) in [5.74, 6) is 1.43. The van der Waals surface area contributed by atoms with E-state index in [1.165, 1.54) is 0 Å². The van der Waals surface area contributed by atoms with Gasteiger partial charge in [-0.25, -0.2) is 0 Å². The summed E-state index contributed by atoms with van der Waals surface area (Å²) in [4.78, 5) is 10.9. The van der Waals surface area contributed by atoms with E-state index in [2.05, 4.69) is 56.5 Å². The van der Waals surface area contributed by atoms with Crippen LogP contribution in [-0.2, 0) is 0 Å². The minimum Gasteiger partial charge on any atom is -0.329 e. The lowest BCUT2D eigenvalue weighted by Crippen LogP contribution is -2.13. The van der Waals surface area contributed by atoms with Crippen LogP contribution in [-0.4, -0.2) is 31.6 Å². The molecule has 0 unspecified atom stereocenters. The molecule has 0 saturated heterocycles. The summed E-state index contributed by atoms with van der Waals surface area (Å²) in [5.41, 5.74) is 4.34. The van der Waals surface area contributed by atoms with Crippen LogP contribution >= 0.6 is 0 Å². The van der Waals surface area contributed by atoms with Crippen molar-refractivity contribution >= 4 is 28.2 Å². The minimum atomic E-state index is 0.584. The molecular weight excluding hydrogens is 336 g/mol. The lowest BCUT2D eigenvalue weighted by molar-refractivity contribution is 1.08. The van der Waals surface area contributed by atoms with Gasteiger partial charge in [-0.1, -0.05) is 24.3 Å². The molecule has 0 aliphatic heterocycles. The summed E-state index contributed by atoms with van der Waals surface area (Å²) < 4.78 is 1.90. The van der Waals surface area contributed by atoms with Gasteiger partial charge in [0.2, 0.25) is 0 Å². The number of aromatic nitrogens is 5. The maximum Gasteiger partial charge on any atom is 0.257 e. The van der Waals surface area contributed by atoms with Crippen molar-refractivity contribution in [3.05, 3.63) is 79.4 Å². The molecule has 0 fully saturated rings. The zero-order chi connectivity index (χ0) is 18.2. The molecule has 0 aliphatic rings. The highest BCUT2D eigenvalue weighted by Gasteiger charge is 2.14. The third kappa shape index (κ3) is 2.58. The Kier molecular flexibility index (Phi) is 3.53. The number of hydrogen-bond donors (Lipinski definition) is 0. The predicted octanol–water partition coefficient (Wildman–Crippen LogP) is 4.11. The Bertz CT molecular complexity index is 1250. The van der Waals surface area contributed by atoms with Gasteiger partial charge in [-0.05, 0) is 47.5 Å². The standard InChI is InChI=1S/C21H16N6/c1-26(17-6-4-5-16(13-17)15-9-11-22-12-10-15)20-18-7-2-3-8-19(18)27-14-23-25-21(27)24-20/h2-14H,1H3. The Balaban J connectivity index is 1.67. The monoisotopic (exact) mass is 352 g/mol. The van der Waals surface area contributed by atoms with E-state index in [0.29, 0.717) is 5.78 Å². The van der Waals surface area contributed by atoms with Crippen LogP contribution in [0.25, 0.3) is 27.8 Å². The third-order valence-corrected chi connectivity index (χ3v) is 4.70. The zero-order valence-electron chi connectivity index (χ0n) is 14.7. The highest BCUT2D eigenvalue weighted by Crippen LogP contribution is 2.32. The predicted molar refractivity (Wildman–Crippen MR) is 106 cm³/mol. The Labute approximate surface area is 155 Å². The van der Waals surface area contributed by atoms with Crippen LogP contribution in [0.4, 0.5) is 11.5 Å². The molecule has 6 nitrogen and oxygen atoms in total. The second-order valence-corrected chi connectivity index (χ2v) is 6.30. The van der Waals surface area contributed by atoms with E-state index in [1.807, 2.05) is 35.7 Å². The molecular formula is C21H16N6. The van der Waals surface area contributed by atoms with Crippen molar-refractivity contribution in [3.63, 3.8) is 0 Å². The number of benzene rings is 2. The Morgan fingerprint density at radius 3 is 2.63 bits per heavy atom.